The molecule has 0 N–H and O–H groups in total. The van der Waals surface area contributed by atoms with Crippen molar-refractivity contribution in [2.75, 3.05) is 14.1 Å². The Kier molecular flexibility index (Phi) is 4.03. The molecule has 2 aromatic rings. The summed E-state index contributed by atoms with van der Waals surface area (Å²) in [4.78, 5) is 14.3. The molecule has 1 aromatic carbocycles. The Bertz CT molecular complexity index is 591. The van der Waals surface area contributed by atoms with Crippen LogP contribution in [-0.2, 0) is 0 Å². The first-order chi connectivity index (χ1) is 9.18. The number of nitrogens with zero attached hydrogens (tertiary/aromatic N) is 3. The maximum Gasteiger partial charge on any atom is 0.195 e. The van der Waals surface area contributed by atoms with Crippen LogP contribution < -0.4 is 0 Å². The summed E-state index contributed by atoms with van der Waals surface area (Å²) in [5, 5.41) is 7.63. The molecule has 0 saturated heterocycles. The molecule has 4 heteroatoms. The molecular formula is C15H15N3O. The normalized spacial score (nSPS) is 10.6. The molecule has 0 amide bonds. The fourth-order valence-corrected chi connectivity index (χ4v) is 1.63. The molecule has 1 heterocycles. The van der Waals surface area contributed by atoms with E-state index in [-0.39, 0.29) is 5.78 Å². The minimum atomic E-state index is -0.0473. The minimum Gasteiger partial charge on any atom is -0.383 e. The van der Waals surface area contributed by atoms with Crippen molar-refractivity contribution in [1.29, 1.82) is 0 Å². The van der Waals surface area contributed by atoms with Gasteiger partial charge < -0.3 is 4.90 Å². The number of carbonyl (C=O) groups excluding carboxylic acids is 1. The van der Waals surface area contributed by atoms with Gasteiger partial charge in [-0.2, -0.15) is 10.2 Å². The molecule has 96 valence electrons. The summed E-state index contributed by atoms with van der Waals surface area (Å²) < 4.78 is 0. The number of carbonyl (C=O) groups is 1. The predicted octanol–water partition coefficient (Wildman–Crippen LogP) is 2.24. The van der Waals surface area contributed by atoms with Gasteiger partial charge in [-0.15, -0.1) is 0 Å². The Balaban J connectivity index is 2.37. The number of rotatable bonds is 4. The molecule has 1 aromatic heterocycles. The van der Waals surface area contributed by atoms with E-state index >= 15 is 0 Å². The molecule has 0 radical (unpaired) electrons. The number of hydrogen-bond acceptors (Lipinski definition) is 4. The highest BCUT2D eigenvalue weighted by molar-refractivity contribution is 6.10. The van der Waals surface area contributed by atoms with E-state index in [1.807, 2.05) is 49.5 Å². The van der Waals surface area contributed by atoms with E-state index in [0.717, 1.165) is 5.56 Å². The van der Waals surface area contributed by atoms with E-state index in [1.54, 1.807) is 18.3 Å². The summed E-state index contributed by atoms with van der Waals surface area (Å²) in [5.41, 5.74) is 1.96. The first-order valence-electron chi connectivity index (χ1n) is 5.93. The molecule has 0 atom stereocenters. The largest absolute Gasteiger partial charge is 0.383 e. The van der Waals surface area contributed by atoms with Gasteiger partial charge in [-0.1, -0.05) is 30.3 Å². The molecule has 0 bridgehead atoms. The summed E-state index contributed by atoms with van der Waals surface area (Å²) in [6.07, 6.45) is 6.82. The van der Waals surface area contributed by atoms with E-state index in [1.165, 1.54) is 6.20 Å². The lowest BCUT2D eigenvalue weighted by molar-refractivity contribution is 0.103. The van der Waals surface area contributed by atoms with Crippen LogP contribution in [0.25, 0.3) is 6.08 Å². The van der Waals surface area contributed by atoms with E-state index in [0.29, 0.717) is 11.1 Å². The lowest BCUT2D eigenvalue weighted by atomic mass is 10.0. The minimum absolute atomic E-state index is 0.0473. The maximum absolute atomic E-state index is 12.4. The molecule has 2 rings (SSSR count). The van der Waals surface area contributed by atoms with Crippen LogP contribution >= 0.6 is 0 Å². The van der Waals surface area contributed by atoms with Gasteiger partial charge in [0.2, 0.25) is 0 Å². The van der Waals surface area contributed by atoms with Crippen LogP contribution in [-0.4, -0.2) is 35.0 Å². The maximum atomic E-state index is 12.4. The van der Waals surface area contributed by atoms with Crippen LogP contribution in [0, 0.1) is 0 Å². The number of aromatic nitrogens is 2. The quantitative estimate of drug-likeness (QED) is 0.784. The van der Waals surface area contributed by atoms with Gasteiger partial charge in [0.1, 0.15) is 0 Å². The highest BCUT2D eigenvalue weighted by Gasteiger charge is 2.12. The zero-order chi connectivity index (χ0) is 13.7. The summed E-state index contributed by atoms with van der Waals surface area (Å²) >= 11 is 0. The molecule has 4 nitrogen and oxygen atoms in total. The van der Waals surface area contributed by atoms with E-state index in [4.69, 9.17) is 0 Å². The van der Waals surface area contributed by atoms with E-state index < -0.39 is 0 Å². The number of hydrogen-bond donors (Lipinski definition) is 0. The lowest BCUT2D eigenvalue weighted by Gasteiger charge is -2.06. The van der Waals surface area contributed by atoms with Gasteiger partial charge in [0, 0.05) is 25.2 Å². The van der Waals surface area contributed by atoms with E-state index in [9.17, 15) is 4.79 Å². The second-order valence-electron chi connectivity index (χ2n) is 4.33. The molecular weight excluding hydrogens is 238 g/mol. The summed E-state index contributed by atoms with van der Waals surface area (Å²) in [7, 11) is 3.84. The van der Waals surface area contributed by atoms with Crippen molar-refractivity contribution < 1.29 is 4.79 Å². The highest BCUT2D eigenvalue weighted by atomic mass is 16.1. The molecule has 0 aliphatic heterocycles. The fourth-order valence-electron chi connectivity index (χ4n) is 1.63. The zero-order valence-electron chi connectivity index (χ0n) is 10.9. The van der Waals surface area contributed by atoms with Gasteiger partial charge in [-0.3, -0.25) is 4.79 Å². The van der Waals surface area contributed by atoms with E-state index in [2.05, 4.69) is 10.2 Å². The topological polar surface area (TPSA) is 46.1 Å². The van der Waals surface area contributed by atoms with Crippen LogP contribution in [0.4, 0.5) is 0 Å². The molecule has 0 unspecified atom stereocenters. The Morgan fingerprint density at radius 1 is 1.11 bits per heavy atom. The van der Waals surface area contributed by atoms with Gasteiger partial charge >= 0.3 is 0 Å². The summed E-state index contributed by atoms with van der Waals surface area (Å²) in [6, 6.07) is 9.16. The van der Waals surface area contributed by atoms with Gasteiger partial charge in [0.05, 0.1) is 18.0 Å². The van der Waals surface area contributed by atoms with Gasteiger partial charge in [-0.25, -0.2) is 0 Å². The second-order valence-corrected chi connectivity index (χ2v) is 4.33. The van der Waals surface area contributed by atoms with Crippen molar-refractivity contribution in [2.45, 2.75) is 0 Å². The number of ketones is 1. The average Bonchev–Trinajstić information content (AvgIpc) is 2.45. The fraction of sp³-hybridized carbons (Fsp3) is 0.133. The third-order valence-corrected chi connectivity index (χ3v) is 2.59. The van der Waals surface area contributed by atoms with Crippen LogP contribution in [0.5, 0.6) is 0 Å². The average molecular weight is 253 g/mol. The zero-order valence-corrected chi connectivity index (χ0v) is 10.9. The van der Waals surface area contributed by atoms with Crippen molar-refractivity contribution in [3.05, 3.63) is 65.6 Å². The van der Waals surface area contributed by atoms with Crippen molar-refractivity contribution in [2.24, 2.45) is 0 Å². The first kappa shape index (κ1) is 13.0. The smallest absolute Gasteiger partial charge is 0.195 e. The van der Waals surface area contributed by atoms with Gasteiger partial charge in [-0.05, 0) is 12.3 Å². The van der Waals surface area contributed by atoms with Crippen molar-refractivity contribution in [1.82, 2.24) is 15.1 Å². The Labute approximate surface area is 112 Å². The van der Waals surface area contributed by atoms with Gasteiger partial charge in [0.15, 0.2) is 5.78 Å². The molecule has 0 aliphatic rings. The lowest BCUT2D eigenvalue weighted by Crippen LogP contribution is -2.06. The summed E-state index contributed by atoms with van der Waals surface area (Å²) in [5.74, 6) is -0.0473. The van der Waals surface area contributed by atoms with Crippen molar-refractivity contribution in [3.8, 4) is 0 Å². The third kappa shape index (κ3) is 3.25. The molecule has 19 heavy (non-hydrogen) atoms. The molecule has 0 aliphatic carbocycles. The molecule has 0 saturated carbocycles. The van der Waals surface area contributed by atoms with Gasteiger partial charge in [0.25, 0.3) is 0 Å². The summed E-state index contributed by atoms with van der Waals surface area (Å²) in [6.45, 7) is 0. The Morgan fingerprint density at radius 2 is 1.79 bits per heavy atom. The van der Waals surface area contributed by atoms with Crippen LogP contribution in [0.3, 0.4) is 0 Å². The highest BCUT2D eigenvalue weighted by Crippen LogP contribution is 2.14. The first-order valence-corrected chi connectivity index (χ1v) is 5.93. The molecule has 0 spiro atoms. The Morgan fingerprint density at radius 3 is 2.47 bits per heavy atom. The van der Waals surface area contributed by atoms with Crippen molar-refractivity contribution in [3.63, 3.8) is 0 Å². The number of benzene rings is 1. The van der Waals surface area contributed by atoms with Crippen LogP contribution in [0.2, 0.25) is 0 Å². The van der Waals surface area contributed by atoms with Crippen LogP contribution in [0.1, 0.15) is 21.5 Å². The molecule has 0 fully saturated rings. The SMILES string of the molecule is CN(C)/C=C/c1cnncc1C(=O)c1ccccc1. The predicted molar refractivity (Wildman–Crippen MR) is 74.6 cm³/mol. The van der Waals surface area contributed by atoms with Crippen LogP contribution in [0.15, 0.2) is 48.9 Å². The third-order valence-electron chi connectivity index (χ3n) is 2.59. The second kappa shape index (κ2) is 5.91. The van der Waals surface area contributed by atoms with Crippen molar-refractivity contribution >= 4 is 11.9 Å². The monoisotopic (exact) mass is 253 g/mol. The Hall–Kier alpha value is -2.49. The standard InChI is InChI=1S/C15H15N3O/c1-18(2)9-8-13-10-16-17-11-14(13)15(19)12-6-4-3-5-7-12/h3-11H,1-2H3/b9-8+.